The fraction of sp³-hybridized carbons (Fsp3) is 0.167. The molecule has 6 rings (SSSR count). The van der Waals surface area contributed by atoms with Crippen LogP contribution in [0.5, 0.6) is 0 Å². The second-order valence-electron chi connectivity index (χ2n) is 10.9. The number of rotatable bonds is 12. The largest absolute Gasteiger partial charge is 0.367 e. The highest BCUT2D eigenvalue weighted by molar-refractivity contribution is 6.36. The molecule has 6 nitrogen and oxygen atoms in total. The molecule has 0 fully saturated rings. The van der Waals surface area contributed by atoms with E-state index in [1.165, 1.54) is 0 Å². The molecule has 0 spiro atoms. The lowest BCUT2D eigenvalue weighted by Crippen LogP contribution is -2.12. The SMILES string of the molecule is Clc1ccc(CO[C@@H](Cn2ccnc2)c2ccc(Cl)cc2Cl)c(Cl)c1.Clc1ccc(CO[C@H](Cn2ccnc2)c2ccc(Cl)cc2Cl)c(Cl)c1. The van der Waals surface area contributed by atoms with Crippen molar-refractivity contribution in [3.05, 3.63) is 173 Å². The summed E-state index contributed by atoms with van der Waals surface area (Å²) in [6.45, 7) is 1.78. The highest BCUT2D eigenvalue weighted by Gasteiger charge is 2.19. The summed E-state index contributed by atoms with van der Waals surface area (Å²) in [4.78, 5) is 8.13. The van der Waals surface area contributed by atoms with Gasteiger partial charge in [-0.3, -0.25) is 0 Å². The molecule has 14 heteroatoms. The molecule has 2 heterocycles. The number of imidazole rings is 2. The Balaban J connectivity index is 0.000000194. The van der Waals surface area contributed by atoms with Crippen molar-refractivity contribution >= 4 is 92.8 Å². The molecular formula is C36H28Cl8N4O2. The zero-order valence-corrected chi connectivity index (χ0v) is 32.1. The van der Waals surface area contributed by atoms with E-state index in [0.29, 0.717) is 66.5 Å². The Hall–Kier alpha value is -2.46. The molecule has 50 heavy (non-hydrogen) atoms. The average Bonchev–Trinajstić information content (AvgIpc) is 3.78. The summed E-state index contributed by atoms with van der Waals surface area (Å²) in [6.07, 6.45) is 10.1. The molecule has 0 aliphatic rings. The first-order valence-corrected chi connectivity index (χ1v) is 18.0. The Labute approximate surface area is 330 Å². The van der Waals surface area contributed by atoms with Gasteiger partial charge in [0, 0.05) is 76.1 Å². The third-order valence-corrected chi connectivity index (χ3v) is 9.70. The van der Waals surface area contributed by atoms with E-state index in [2.05, 4.69) is 9.97 Å². The van der Waals surface area contributed by atoms with Crippen molar-refractivity contribution in [1.29, 1.82) is 0 Å². The van der Waals surface area contributed by atoms with Gasteiger partial charge >= 0.3 is 0 Å². The first kappa shape index (κ1) is 38.8. The quantitative estimate of drug-likeness (QED) is 0.123. The average molecular weight is 832 g/mol. The standard InChI is InChI=1S/2C18H14Cl4N2O/c2*19-13-2-1-12(16(21)7-13)10-25-18(9-24-6-5-23-11-24)15-4-3-14(20)8-17(15)22/h2*1-8,11,18H,9-10H2/t2*18-/m10/s1. The van der Waals surface area contributed by atoms with Gasteiger partial charge in [-0.25, -0.2) is 9.97 Å². The number of benzene rings is 4. The first-order chi connectivity index (χ1) is 24.0. The fourth-order valence-corrected chi connectivity index (χ4v) is 6.82. The maximum atomic E-state index is 6.37. The van der Waals surface area contributed by atoms with E-state index >= 15 is 0 Å². The minimum Gasteiger partial charge on any atom is -0.367 e. The van der Waals surface area contributed by atoms with Gasteiger partial charge in [-0.15, -0.1) is 0 Å². The predicted molar refractivity (Wildman–Crippen MR) is 205 cm³/mol. The molecule has 4 aromatic carbocycles. The molecule has 260 valence electrons. The number of aromatic nitrogens is 4. The molecule has 0 bridgehead atoms. The Morgan fingerprint density at radius 2 is 0.840 bits per heavy atom. The molecule has 0 saturated heterocycles. The van der Waals surface area contributed by atoms with Crippen molar-refractivity contribution in [2.45, 2.75) is 38.5 Å². The van der Waals surface area contributed by atoms with Crippen LogP contribution in [0.2, 0.25) is 40.2 Å². The highest BCUT2D eigenvalue weighted by Crippen LogP contribution is 2.33. The van der Waals surface area contributed by atoms with Crippen LogP contribution in [0.4, 0.5) is 0 Å². The zero-order valence-electron chi connectivity index (χ0n) is 26.0. The summed E-state index contributed by atoms with van der Waals surface area (Å²) < 4.78 is 16.1. The van der Waals surface area contributed by atoms with Gasteiger partial charge in [-0.05, 0) is 59.7 Å². The van der Waals surface area contributed by atoms with Gasteiger partial charge in [0.25, 0.3) is 0 Å². The van der Waals surface area contributed by atoms with Crippen molar-refractivity contribution in [3.63, 3.8) is 0 Å². The van der Waals surface area contributed by atoms with E-state index in [9.17, 15) is 0 Å². The lowest BCUT2D eigenvalue weighted by Gasteiger charge is -2.21. The third-order valence-electron chi connectivity index (χ3n) is 7.40. The molecule has 0 radical (unpaired) electrons. The Morgan fingerprint density at radius 1 is 0.480 bits per heavy atom. The predicted octanol–water partition coefficient (Wildman–Crippen LogP) is 12.9. The molecule has 0 aliphatic heterocycles. The van der Waals surface area contributed by atoms with Gasteiger partial charge in [0.1, 0.15) is 12.2 Å². The van der Waals surface area contributed by atoms with E-state index in [4.69, 9.17) is 102 Å². The smallest absolute Gasteiger partial charge is 0.102 e. The summed E-state index contributed by atoms with van der Waals surface area (Å²) in [5.41, 5.74) is 3.41. The lowest BCUT2D eigenvalue weighted by atomic mass is 10.1. The molecule has 2 atom stereocenters. The Morgan fingerprint density at radius 3 is 1.16 bits per heavy atom. The van der Waals surface area contributed by atoms with Crippen LogP contribution in [0.15, 0.2) is 110 Å². The Bertz CT molecular complexity index is 1850. The summed E-state index contributed by atoms with van der Waals surface area (Å²) in [5, 5.41) is 4.58. The minimum atomic E-state index is -0.286. The highest BCUT2D eigenvalue weighted by atomic mass is 35.5. The molecule has 0 unspecified atom stereocenters. The maximum absolute atomic E-state index is 6.37. The monoisotopic (exact) mass is 828 g/mol. The van der Waals surface area contributed by atoms with Crippen molar-refractivity contribution in [2.75, 3.05) is 0 Å². The van der Waals surface area contributed by atoms with Crippen molar-refractivity contribution in [3.8, 4) is 0 Å². The van der Waals surface area contributed by atoms with Crippen LogP contribution in [-0.4, -0.2) is 19.1 Å². The second-order valence-corrected chi connectivity index (χ2v) is 14.3. The van der Waals surface area contributed by atoms with Crippen molar-refractivity contribution < 1.29 is 9.47 Å². The molecule has 2 aromatic heterocycles. The molecule has 0 aliphatic carbocycles. The van der Waals surface area contributed by atoms with Crippen LogP contribution in [0.1, 0.15) is 34.5 Å². The van der Waals surface area contributed by atoms with Gasteiger partial charge in [0.2, 0.25) is 0 Å². The van der Waals surface area contributed by atoms with E-state index < -0.39 is 0 Å². The van der Waals surface area contributed by atoms with E-state index in [0.717, 1.165) is 22.3 Å². The first-order valence-electron chi connectivity index (χ1n) is 15.0. The van der Waals surface area contributed by atoms with Crippen LogP contribution >= 0.6 is 92.8 Å². The van der Waals surface area contributed by atoms with Crippen LogP contribution in [0, 0.1) is 0 Å². The fourth-order valence-electron chi connectivity index (χ4n) is 4.84. The minimum absolute atomic E-state index is 0.286. The van der Waals surface area contributed by atoms with Gasteiger partial charge in [-0.2, -0.15) is 0 Å². The normalized spacial score (nSPS) is 12.3. The van der Waals surface area contributed by atoms with Crippen LogP contribution in [0.3, 0.4) is 0 Å². The third kappa shape index (κ3) is 11.3. The Kier molecular flexibility index (Phi) is 14.6. The summed E-state index contributed by atoms with van der Waals surface area (Å²) >= 11 is 49.1. The van der Waals surface area contributed by atoms with E-state index in [1.54, 1.807) is 73.6 Å². The van der Waals surface area contributed by atoms with E-state index in [1.807, 2.05) is 45.8 Å². The van der Waals surface area contributed by atoms with Gasteiger partial charge < -0.3 is 18.6 Å². The molecule has 0 saturated carbocycles. The lowest BCUT2D eigenvalue weighted by molar-refractivity contribution is 0.0280. The van der Waals surface area contributed by atoms with E-state index in [-0.39, 0.29) is 12.2 Å². The molecule has 6 aromatic rings. The number of hydrogen-bond acceptors (Lipinski definition) is 4. The molecular weight excluding hydrogens is 804 g/mol. The molecule has 0 N–H and O–H groups in total. The molecule has 0 amide bonds. The summed E-state index contributed by atoms with van der Waals surface area (Å²) in [6, 6.07) is 21.4. The number of hydrogen-bond donors (Lipinski definition) is 0. The van der Waals surface area contributed by atoms with Crippen LogP contribution < -0.4 is 0 Å². The van der Waals surface area contributed by atoms with Gasteiger partial charge in [-0.1, -0.05) is 117 Å². The van der Waals surface area contributed by atoms with Crippen molar-refractivity contribution in [1.82, 2.24) is 19.1 Å². The van der Waals surface area contributed by atoms with Gasteiger partial charge in [0.05, 0.1) is 39.0 Å². The topological polar surface area (TPSA) is 54.1 Å². The number of ether oxygens (including phenoxy) is 2. The van der Waals surface area contributed by atoms with Crippen molar-refractivity contribution in [2.24, 2.45) is 0 Å². The summed E-state index contributed by atoms with van der Waals surface area (Å²) in [5.74, 6) is 0. The van der Waals surface area contributed by atoms with Gasteiger partial charge in [0.15, 0.2) is 0 Å². The van der Waals surface area contributed by atoms with Crippen LogP contribution in [-0.2, 0) is 35.8 Å². The second kappa shape index (κ2) is 18.9. The summed E-state index contributed by atoms with van der Waals surface area (Å²) in [7, 11) is 0. The zero-order chi connectivity index (χ0) is 35.6. The number of nitrogens with zero attached hydrogens (tertiary/aromatic N) is 4. The number of halogens is 8. The van der Waals surface area contributed by atoms with Crippen LogP contribution in [0.25, 0.3) is 0 Å². The maximum Gasteiger partial charge on any atom is 0.102 e.